The third kappa shape index (κ3) is 3.69. The fourth-order valence-corrected chi connectivity index (χ4v) is 1.63. The second-order valence-corrected chi connectivity index (χ2v) is 4.65. The van der Waals surface area contributed by atoms with Gasteiger partial charge in [0.05, 0.1) is 11.9 Å². The number of nitrogens with one attached hydrogen (secondary N) is 1. The fraction of sp³-hybridized carbons (Fsp3) is 0.0769. The van der Waals surface area contributed by atoms with Crippen LogP contribution in [0.15, 0.2) is 52.4 Å². The third-order valence-electron chi connectivity index (χ3n) is 2.38. The van der Waals surface area contributed by atoms with Crippen molar-refractivity contribution in [1.29, 1.82) is 0 Å². The molecule has 6 heteroatoms. The van der Waals surface area contributed by atoms with Gasteiger partial charge in [0.2, 0.25) is 0 Å². The van der Waals surface area contributed by atoms with Gasteiger partial charge in [-0.2, -0.15) is 5.10 Å². The van der Waals surface area contributed by atoms with Crippen molar-refractivity contribution >= 4 is 27.5 Å². The largest absolute Gasteiger partial charge is 0.291 e. The van der Waals surface area contributed by atoms with E-state index < -0.39 is 0 Å². The van der Waals surface area contributed by atoms with Crippen LogP contribution >= 0.6 is 15.9 Å². The maximum absolute atomic E-state index is 11.7. The number of amides is 1. The molecule has 19 heavy (non-hydrogen) atoms. The quantitative estimate of drug-likeness (QED) is 0.698. The molecule has 0 unspecified atom stereocenters. The first-order valence-corrected chi connectivity index (χ1v) is 6.32. The summed E-state index contributed by atoms with van der Waals surface area (Å²) >= 11 is 3.36. The molecular weight excluding hydrogens is 308 g/mol. The van der Waals surface area contributed by atoms with Crippen molar-refractivity contribution in [2.24, 2.45) is 5.10 Å². The topological polar surface area (TPSA) is 67.2 Å². The lowest BCUT2D eigenvalue weighted by molar-refractivity contribution is 0.0949. The van der Waals surface area contributed by atoms with E-state index in [1.54, 1.807) is 0 Å². The van der Waals surface area contributed by atoms with Crippen molar-refractivity contribution in [2.75, 3.05) is 0 Å². The molecule has 0 saturated carbocycles. The molecule has 0 atom stereocenters. The predicted molar refractivity (Wildman–Crippen MR) is 75.9 cm³/mol. The van der Waals surface area contributed by atoms with E-state index in [-0.39, 0.29) is 11.6 Å². The Hall–Kier alpha value is -2.08. The Kier molecular flexibility index (Phi) is 4.35. The number of rotatable bonds is 3. The minimum atomic E-state index is -0.385. The summed E-state index contributed by atoms with van der Waals surface area (Å²) in [6.07, 6.45) is 4.35. The number of carbonyl (C=O) groups excluding carboxylic acids is 1. The van der Waals surface area contributed by atoms with Gasteiger partial charge in [0, 0.05) is 16.9 Å². The number of halogens is 1. The average Bonchev–Trinajstić information content (AvgIpc) is 2.46. The monoisotopic (exact) mass is 318 g/mol. The molecule has 2 aromatic rings. The summed E-state index contributed by atoms with van der Waals surface area (Å²) in [6.45, 7) is 1.82. The predicted octanol–water partition coefficient (Wildman–Crippen LogP) is 2.39. The Morgan fingerprint density at radius 2 is 2.00 bits per heavy atom. The van der Waals surface area contributed by atoms with E-state index in [1.807, 2.05) is 31.2 Å². The van der Waals surface area contributed by atoms with Gasteiger partial charge < -0.3 is 0 Å². The SMILES string of the molecule is CC(=NNC(=O)c1cnccn1)c1ccc(Br)cc1. The van der Waals surface area contributed by atoms with Crippen LogP contribution in [-0.2, 0) is 0 Å². The van der Waals surface area contributed by atoms with Crippen molar-refractivity contribution in [2.45, 2.75) is 6.92 Å². The van der Waals surface area contributed by atoms with E-state index in [0.717, 1.165) is 10.0 Å². The Balaban J connectivity index is 2.06. The van der Waals surface area contributed by atoms with Crippen molar-refractivity contribution < 1.29 is 4.79 Å². The molecule has 0 radical (unpaired) electrons. The van der Waals surface area contributed by atoms with Crippen molar-refractivity contribution in [3.8, 4) is 0 Å². The fourth-order valence-electron chi connectivity index (χ4n) is 1.36. The van der Waals surface area contributed by atoms with E-state index in [2.05, 4.69) is 36.4 Å². The normalized spacial score (nSPS) is 11.2. The Labute approximate surface area is 118 Å². The molecular formula is C13H11BrN4O. The summed E-state index contributed by atoms with van der Waals surface area (Å²) in [7, 11) is 0. The Morgan fingerprint density at radius 3 is 2.63 bits per heavy atom. The Bertz CT molecular complexity index is 596. The van der Waals surface area contributed by atoms with E-state index in [1.165, 1.54) is 18.6 Å². The molecule has 0 aliphatic heterocycles. The molecule has 96 valence electrons. The molecule has 5 nitrogen and oxygen atoms in total. The molecule has 1 aromatic heterocycles. The van der Waals surface area contributed by atoms with Crippen molar-refractivity contribution in [3.05, 3.63) is 58.6 Å². The summed E-state index contributed by atoms with van der Waals surface area (Å²) in [5.41, 5.74) is 4.32. The number of hydrogen-bond donors (Lipinski definition) is 1. The van der Waals surface area contributed by atoms with E-state index in [9.17, 15) is 4.79 Å². The Morgan fingerprint density at radius 1 is 1.26 bits per heavy atom. The smallest absolute Gasteiger partial charge is 0.265 e. The highest BCUT2D eigenvalue weighted by atomic mass is 79.9. The first-order valence-electron chi connectivity index (χ1n) is 5.53. The standard InChI is InChI=1S/C13H11BrN4O/c1-9(10-2-4-11(14)5-3-10)17-18-13(19)12-8-15-6-7-16-12/h2-8H,1H3,(H,18,19). The highest BCUT2D eigenvalue weighted by molar-refractivity contribution is 9.10. The van der Waals surface area contributed by atoms with E-state index in [4.69, 9.17) is 0 Å². The second-order valence-electron chi connectivity index (χ2n) is 3.74. The summed E-state index contributed by atoms with van der Waals surface area (Å²) in [4.78, 5) is 19.4. The first kappa shape index (κ1) is 13.4. The van der Waals surface area contributed by atoms with E-state index in [0.29, 0.717) is 5.71 Å². The third-order valence-corrected chi connectivity index (χ3v) is 2.91. The molecule has 0 saturated heterocycles. The van der Waals surface area contributed by atoms with Crippen molar-refractivity contribution in [1.82, 2.24) is 15.4 Å². The van der Waals surface area contributed by atoms with E-state index >= 15 is 0 Å². The van der Waals surface area contributed by atoms with Gasteiger partial charge in [-0.15, -0.1) is 0 Å². The average molecular weight is 319 g/mol. The molecule has 0 aliphatic carbocycles. The zero-order chi connectivity index (χ0) is 13.7. The summed E-state index contributed by atoms with van der Waals surface area (Å²) in [5.74, 6) is -0.385. The minimum Gasteiger partial charge on any atom is -0.265 e. The highest BCUT2D eigenvalue weighted by Crippen LogP contribution is 2.11. The van der Waals surface area contributed by atoms with Gasteiger partial charge in [-0.1, -0.05) is 28.1 Å². The van der Waals surface area contributed by atoms with Gasteiger partial charge in [-0.25, -0.2) is 10.4 Å². The minimum absolute atomic E-state index is 0.231. The molecule has 0 aliphatic rings. The van der Waals surface area contributed by atoms with Gasteiger partial charge >= 0.3 is 0 Å². The van der Waals surface area contributed by atoms with Crippen LogP contribution in [0.5, 0.6) is 0 Å². The van der Waals surface area contributed by atoms with Crippen LogP contribution in [0, 0.1) is 0 Å². The molecule has 2 rings (SSSR count). The second kappa shape index (κ2) is 6.19. The van der Waals surface area contributed by atoms with Gasteiger partial charge in [-0.3, -0.25) is 9.78 Å². The lowest BCUT2D eigenvalue weighted by atomic mass is 10.1. The van der Waals surface area contributed by atoms with Crippen molar-refractivity contribution in [3.63, 3.8) is 0 Å². The van der Waals surface area contributed by atoms with Crippen LogP contribution in [0.2, 0.25) is 0 Å². The van der Waals surface area contributed by atoms with Gasteiger partial charge in [0.25, 0.3) is 5.91 Å². The highest BCUT2D eigenvalue weighted by Gasteiger charge is 2.05. The molecule has 1 amide bonds. The summed E-state index contributed by atoms with van der Waals surface area (Å²) in [6, 6.07) is 7.66. The molecule has 0 fully saturated rings. The number of carbonyl (C=O) groups is 1. The van der Waals surface area contributed by atoms with Gasteiger partial charge in [0.15, 0.2) is 0 Å². The first-order chi connectivity index (χ1) is 9.16. The zero-order valence-electron chi connectivity index (χ0n) is 10.2. The molecule has 1 aromatic carbocycles. The molecule has 1 N–H and O–H groups in total. The number of aromatic nitrogens is 2. The maximum Gasteiger partial charge on any atom is 0.291 e. The summed E-state index contributed by atoms with van der Waals surface area (Å²) < 4.78 is 0.993. The maximum atomic E-state index is 11.7. The molecule has 0 spiro atoms. The molecule has 0 bridgehead atoms. The summed E-state index contributed by atoms with van der Waals surface area (Å²) in [5, 5.41) is 4.03. The number of hydrogen-bond acceptors (Lipinski definition) is 4. The lowest BCUT2D eigenvalue weighted by Crippen LogP contribution is -2.20. The van der Waals surface area contributed by atoms with Crippen LogP contribution < -0.4 is 5.43 Å². The molecule has 1 heterocycles. The van der Waals surface area contributed by atoms with Crippen LogP contribution in [-0.4, -0.2) is 21.6 Å². The number of nitrogens with zero attached hydrogens (tertiary/aromatic N) is 3. The van der Waals surface area contributed by atoms with Crippen LogP contribution in [0.3, 0.4) is 0 Å². The van der Waals surface area contributed by atoms with Gasteiger partial charge in [-0.05, 0) is 24.6 Å². The lowest BCUT2D eigenvalue weighted by Gasteiger charge is -2.02. The van der Waals surface area contributed by atoms with Crippen LogP contribution in [0.4, 0.5) is 0 Å². The number of benzene rings is 1. The van der Waals surface area contributed by atoms with Crippen LogP contribution in [0.1, 0.15) is 23.0 Å². The number of hydrazone groups is 1. The van der Waals surface area contributed by atoms with Gasteiger partial charge in [0.1, 0.15) is 5.69 Å². The zero-order valence-corrected chi connectivity index (χ0v) is 11.8. The van der Waals surface area contributed by atoms with Crippen LogP contribution in [0.25, 0.3) is 0 Å².